The van der Waals surface area contributed by atoms with Crippen molar-refractivity contribution in [3.63, 3.8) is 0 Å². The summed E-state index contributed by atoms with van der Waals surface area (Å²) in [5.74, 6) is 2.19. The molecule has 0 saturated heterocycles. The Kier molecular flexibility index (Phi) is 31.2. The van der Waals surface area contributed by atoms with Crippen LogP contribution in [0.5, 0.6) is 11.5 Å². The zero-order chi connectivity index (χ0) is 60.9. The topological polar surface area (TPSA) is 167 Å². The molecule has 14 nitrogen and oxygen atoms in total. The molecule has 8 aromatic rings. The maximum absolute atomic E-state index is 13.5. The number of ether oxygens (including phenoxy) is 1. The summed E-state index contributed by atoms with van der Waals surface area (Å²) >= 11 is 0. The van der Waals surface area contributed by atoms with E-state index in [4.69, 9.17) is 45.5 Å². The van der Waals surface area contributed by atoms with Gasteiger partial charge in [0, 0.05) is 0 Å². The Hall–Kier alpha value is -5.31. The Balaban J connectivity index is 0.000000260. The van der Waals surface area contributed by atoms with Gasteiger partial charge in [-0.3, -0.25) is 36.2 Å². The fourth-order valence-corrected chi connectivity index (χ4v) is 11.3. The maximum atomic E-state index is 13.5. The van der Waals surface area contributed by atoms with Crippen LogP contribution in [0.1, 0.15) is 135 Å². The van der Waals surface area contributed by atoms with E-state index < -0.39 is 30.3 Å². The van der Waals surface area contributed by atoms with Crippen LogP contribution in [0.3, 0.4) is 0 Å². The van der Waals surface area contributed by atoms with E-state index in [1.165, 1.54) is 0 Å². The van der Waals surface area contributed by atoms with Gasteiger partial charge in [0.25, 0.3) is 0 Å². The first-order chi connectivity index (χ1) is 40.9. The Morgan fingerprint density at radius 3 is 0.721 bits per heavy atom. The van der Waals surface area contributed by atoms with E-state index in [0.717, 1.165) is 61.4 Å². The predicted molar refractivity (Wildman–Crippen MR) is 333 cm³/mol. The maximum Gasteiger partial charge on any atom is 1.00 e. The number of hydrogen-bond acceptors (Lipinski definition) is 14. The van der Waals surface area contributed by atoms with Gasteiger partial charge in [0.2, 0.25) is 0 Å². The first-order valence-corrected chi connectivity index (χ1v) is 32.7. The van der Waals surface area contributed by atoms with Crippen molar-refractivity contribution >= 4 is 23.5 Å². The van der Waals surface area contributed by atoms with Crippen molar-refractivity contribution in [1.82, 2.24) is 0 Å². The molecule has 18 heteroatoms. The molecule has 0 radical (unpaired) electrons. The fourth-order valence-electron chi connectivity index (χ4n) is 8.14. The van der Waals surface area contributed by atoms with Crippen molar-refractivity contribution in [2.45, 2.75) is 119 Å². The number of phosphoric ester groups is 3. The summed E-state index contributed by atoms with van der Waals surface area (Å²) in [4.78, 5) is 0. The van der Waals surface area contributed by atoms with Gasteiger partial charge >= 0.3 is 53.0 Å². The summed E-state index contributed by atoms with van der Waals surface area (Å²) in [6, 6.07) is 67.7. The van der Waals surface area contributed by atoms with Crippen LogP contribution in [0.2, 0.25) is 0 Å². The summed E-state index contributed by atoms with van der Waals surface area (Å²) in [6.07, 6.45) is 0. The summed E-state index contributed by atoms with van der Waals surface area (Å²) < 4.78 is 96.6. The van der Waals surface area contributed by atoms with Crippen LogP contribution in [-0.4, -0.2) is 13.6 Å². The van der Waals surface area contributed by atoms with E-state index in [1.54, 1.807) is 0 Å². The quantitative estimate of drug-likeness (QED) is 0.0237. The first-order valence-electron chi connectivity index (χ1n) is 28.3. The monoisotopic (exact) mass is 1240 g/mol. The van der Waals surface area contributed by atoms with E-state index in [9.17, 15) is 18.8 Å². The Bertz CT molecular complexity index is 3010. The fraction of sp³-hybridized carbons (Fsp3) is 0.294. The minimum atomic E-state index is -4.15. The van der Waals surface area contributed by atoms with Gasteiger partial charge in [-0.05, 0) is 68.2 Å². The third-order valence-corrected chi connectivity index (χ3v) is 16.8. The van der Waals surface area contributed by atoms with Gasteiger partial charge in [0.15, 0.2) is 13.6 Å². The zero-order valence-electron chi connectivity index (χ0n) is 50.8. The molecule has 0 saturated carbocycles. The van der Waals surface area contributed by atoms with Crippen LogP contribution in [-0.2, 0) is 94.1 Å². The van der Waals surface area contributed by atoms with Crippen molar-refractivity contribution in [3.8, 4) is 11.5 Å². The molecule has 0 fully saturated rings. The van der Waals surface area contributed by atoms with Gasteiger partial charge in [0.1, 0.15) is 5.75 Å². The molecule has 8 aromatic carbocycles. The van der Waals surface area contributed by atoms with Gasteiger partial charge in [-0.15, -0.1) is 5.75 Å². The summed E-state index contributed by atoms with van der Waals surface area (Å²) in [5, 5.41) is 11.9. The number of benzene rings is 8. The SMILES string of the molecule is CC(C)c1cccc(C(C)C)c1OCOP(=O)(OCc1ccccc1)OCc1ccccc1.CC(C)c1cccc(C(C)C)c1[O-].O=P(OCOP(=O)(OCc1ccccc1)OCc1ccccc1)(OCc1ccccc1)OCc1ccccc1.[Na+]. The standard InChI is InChI=1S/C29H30O8P2.C27H33O5P.C12H18O.Na/c30-38(32-21-26-13-5-1-6-14-26,33-22-27-15-7-2-8-16-27)36-25-37-39(31,34-23-28-17-9-3-10-18-28)35-24-29-19-11-4-12-20-29;1-21(2)25-16-11-17-26(22(3)4)27(25)29-20-32-33(28,30-18-23-12-7-5-8-13-23)31-19-24-14-9-6-10-15-24;1-8(2)10-6-5-7-11(9(3)4)12(10)13;/h1-20H,21-25H2;5-17,21-22H,18-20H2,1-4H3;5-9,13H,1-4H3;/q;;;+1/p-1. The molecule has 0 amide bonds. The molecule has 0 aliphatic rings. The van der Waals surface area contributed by atoms with Crippen molar-refractivity contribution in [2.24, 2.45) is 0 Å². The molecule has 0 unspecified atom stereocenters. The number of rotatable bonds is 30. The van der Waals surface area contributed by atoms with Gasteiger partial charge in [-0.1, -0.05) is 285 Å². The largest absolute Gasteiger partial charge is 1.00 e. The van der Waals surface area contributed by atoms with Crippen molar-refractivity contribution in [1.29, 1.82) is 0 Å². The summed E-state index contributed by atoms with van der Waals surface area (Å²) in [5.41, 5.74) is 8.86. The van der Waals surface area contributed by atoms with E-state index in [2.05, 4.69) is 55.4 Å². The zero-order valence-corrected chi connectivity index (χ0v) is 55.5. The first kappa shape index (κ1) is 71.4. The predicted octanol–water partition coefficient (Wildman–Crippen LogP) is 15.9. The van der Waals surface area contributed by atoms with Crippen molar-refractivity contribution < 1.29 is 93.8 Å². The second-order valence-electron chi connectivity index (χ2n) is 20.8. The van der Waals surface area contributed by atoms with E-state index in [-0.39, 0.29) is 93.6 Å². The molecule has 8 rings (SSSR count). The van der Waals surface area contributed by atoms with Crippen LogP contribution in [0, 0.1) is 0 Å². The summed E-state index contributed by atoms with van der Waals surface area (Å²) in [6.45, 7) is 15.8. The van der Waals surface area contributed by atoms with Crippen LogP contribution in [0.25, 0.3) is 0 Å². The normalized spacial score (nSPS) is 11.6. The average molecular weight is 1240 g/mol. The molecule has 0 N–H and O–H groups in total. The average Bonchev–Trinajstić information content (AvgIpc) is 3.38. The van der Waals surface area contributed by atoms with E-state index in [1.807, 2.05) is 218 Å². The smallest absolute Gasteiger partial charge is 0.872 e. The second kappa shape index (κ2) is 37.5. The summed E-state index contributed by atoms with van der Waals surface area (Å²) in [7, 11) is -12.2. The van der Waals surface area contributed by atoms with Crippen LogP contribution in [0.15, 0.2) is 218 Å². The molecule has 0 spiro atoms. The van der Waals surface area contributed by atoms with Gasteiger partial charge in [-0.2, -0.15) is 0 Å². The molecule has 0 aliphatic carbocycles. The Labute approximate surface area is 531 Å². The third kappa shape index (κ3) is 25.1. The third-order valence-electron chi connectivity index (χ3n) is 12.9. The van der Waals surface area contributed by atoms with Crippen molar-refractivity contribution in [3.05, 3.63) is 274 Å². The Morgan fingerprint density at radius 2 is 0.500 bits per heavy atom. The minimum absolute atomic E-state index is 0. The van der Waals surface area contributed by atoms with Gasteiger partial charge in [0.05, 0.1) is 39.6 Å². The Morgan fingerprint density at radius 1 is 0.291 bits per heavy atom. The molecule has 0 atom stereocenters. The molecule has 0 bridgehead atoms. The molecule has 0 aliphatic heterocycles. The van der Waals surface area contributed by atoms with Gasteiger partial charge < -0.3 is 9.84 Å². The molecular weight excluding hydrogens is 1160 g/mol. The number of hydrogen-bond donors (Lipinski definition) is 0. The van der Waals surface area contributed by atoms with Crippen molar-refractivity contribution in [2.75, 3.05) is 13.6 Å². The molecular formula is C68H80NaO14P3. The molecule has 86 heavy (non-hydrogen) atoms. The molecule has 452 valence electrons. The van der Waals surface area contributed by atoms with E-state index >= 15 is 0 Å². The number of phosphoric acid groups is 3. The molecule has 0 heterocycles. The van der Waals surface area contributed by atoms with Gasteiger partial charge in [-0.25, -0.2) is 18.2 Å². The second-order valence-corrected chi connectivity index (χ2v) is 25.8. The van der Waals surface area contributed by atoms with Crippen LogP contribution >= 0.6 is 23.5 Å². The van der Waals surface area contributed by atoms with E-state index in [0.29, 0.717) is 11.8 Å². The van der Waals surface area contributed by atoms with Crippen LogP contribution in [0.4, 0.5) is 0 Å². The van der Waals surface area contributed by atoms with Crippen LogP contribution < -0.4 is 39.4 Å². The molecule has 0 aromatic heterocycles. The minimum Gasteiger partial charge on any atom is -0.872 e. The number of para-hydroxylation sites is 2.